The maximum Gasteiger partial charge on any atom is 0.135 e. The fourth-order valence-corrected chi connectivity index (χ4v) is 6.61. The summed E-state index contributed by atoms with van der Waals surface area (Å²) in [5.74, 6) is 1.55. The Hall–Kier alpha value is -5.16. The fourth-order valence-electron chi connectivity index (χ4n) is 6.61. The molecule has 2 N–H and O–H groups in total. The van der Waals surface area contributed by atoms with Crippen LogP contribution in [0.15, 0.2) is 146 Å². The lowest BCUT2D eigenvalue weighted by Crippen LogP contribution is -2.12. The van der Waals surface area contributed by atoms with Crippen LogP contribution in [0.5, 0.6) is 11.5 Å². The van der Waals surface area contributed by atoms with Crippen molar-refractivity contribution < 1.29 is 19.7 Å². The molecule has 1 aliphatic rings. The normalized spacial score (nSPS) is 13.2. The van der Waals surface area contributed by atoms with Gasteiger partial charge in [0.25, 0.3) is 0 Å². The molecule has 1 fully saturated rings. The van der Waals surface area contributed by atoms with E-state index >= 15 is 0 Å². The SMILES string of the molecule is OCCOc1c(-c2ccccc2)cc(C2(c3cc(-c4ccccc4)c(OCCO)c(-c4ccccc4)c3)CC2)cc1-c1ccccc1. The molecule has 234 valence electrons. The summed E-state index contributed by atoms with van der Waals surface area (Å²) >= 11 is 0. The molecule has 0 radical (unpaired) electrons. The third kappa shape index (κ3) is 6.18. The van der Waals surface area contributed by atoms with Gasteiger partial charge in [0.15, 0.2) is 0 Å². The summed E-state index contributed by atoms with van der Waals surface area (Å²) < 4.78 is 12.7. The average Bonchev–Trinajstić information content (AvgIpc) is 3.96. The molecule has 0 bridgehead atoms. The highest BCUT2D eigenvalue weighted by molar-refractivity contribution is 5.86. The predicted molar refractivity (Wildman–Crippen MR) is 190 cm³/mol. The minimum Gasteiger partial charge on any atom is -0.490 e. The van der Waals surface area contributed by atoms with Crippen LogP contribution in [0.3, 0.4) is 0 Å². The van der Waals surface area contributed by atoms with Crippen molar-refractivity contribution >= 4 is 0 Å². The van der Waals surface area contributed by atoms with Crippen LogP contribution in [0.4, 0.5) is 0 Å². The number of hydrogen-bond donors (Lipinski definition) is 2. The molecule has 0 atom stereocenters. The minimum atomic E-state index is -0.217. The molecule has 4 heteroatoms. The first-order valence-electron chi connectivity index (χ1n) is 16.3. The zero-order valence-corrected chi connectivity index (χ0v) is 26.3. The molecular formula is C43H38O4. The molecule has 1 saturated carbocycles. The zero-order valence-electron chi connectivity index (χ0n) is 26.3. The van der Waals surface area contributed by atoms with Crippen molar-refractivity contribution in [3.05, 3.63) is 157 Å². The number of benzene rings is 6. The largest absolute Gasteiger partial charge is 0.490 e. The van der Waals surface area contributed by atoms with Crippen LogP contribution in [0.25, 0.3) is 44.5 Å². The first-order chi connectivity index (χ1) is 23.2. The Morgan fingerprint density at radius 2 is 0.702 bits per heavy atom. The molecule has 1 aliphatic carbocycles. The monoisotopic (exact) mass is 618 g/mol. The van der Waals surface area contributed by atoms with Gasteiger partial charge in [0.2, 0.25) is 0 Å². The second-order valence-corrected chi connectivity index (χ2v) is 12.0. The summed E-state index contributed by atoms with van der Waals surface area (Å²) in [6.45, 7) is 0.285. The third-order valence-electron chi connectivity index (χ3n) is 9.05. The van der Waals surface area contributed by atoms with Crippen molar-refractivity contribution in [2.75, 3.05) is 26.4 Å². The number of aliphatic hydroxyl groups is 2. The molecule has 0 amide bonds. The second-order valence-electron chi connectivity index (χ2n) is 12.0. The van der Waals surface area contributed by atoms with Crippen molar-refractivity contribution in [1.82, 2.24) is 0 Å². The Morgan fingerprint density at radius 1 is 0.426 bits per heavy atom. The summed E-state index contributed by atoms with van der Waals surface area (Å²) in [6, 6.07) is 50.6. The smallest absolute Gasteiger partial charge is 0.135 e. The molecule has 0 spiro atoms. The number of ether oxygens (including phenoxy) is 2. The average molecular weight is 619 g/mol. The lowest BCUT2D eigenvalue weighted by atomic mass is 9.81. The molecule has 7 rings (SSSR count). The molecular weight excluding hydrogens is 580 g/mol. The third-order valence-corrected chi connectivity index (χ3v) is 9.05. The van der Waals surface area contributed by atoms with Gasteiger partial charge in [0, 0.05) is 27.7 Å². The minimum absolute atomic E-state index is 0.0661. The van der Waals surface area contributed by atoms with Gasteiger partial charge in [-0.05, 0) is 70.5 Å². The Bertz CT molecular complexity index is 1670. The van der Waals surface area contributed by atoms with Crippen LogP contribution in [-0.2, 0) is 5.41 Å². The van der Waals surface area contributed by atoms with E-state index in [0.717, 1.165) is 68.8 Å². The lowest BCUT2D eigenvalue weighted by Gasteiger charge is -2.25. The van der Waals surface area contributed by atoms with Gasteiger partial charge in [-0.2, -0.15) is 0 Å². The zero-order chi connectivity index (χ0) is 32.1. The summed E-state index contributed by atoms with van der Waals surface area (Å²) in [5.41, 5.74) is 10.6. The Labute approximate surface area is 276 Å². The summed E-state index contributed by atoms with van der Waals surface area (Å²) in [6.07, 6.45) is 2.01. The molecule has 47 heavy (non-hydrogen) atoms. The topological polar surface area (TPSA) is 58.9 Å². The summed E-state index contributed by atoms with van der Waals surface area (Å²) in [7, 11) is 0. The van der Waals surface area contributed by atoms with Crippen molar-refractivity contribution in [1.29, 1.82) is 0 Å². The van der Waals surface area contributed by atoms with Crippen LogP contribution in [0.2, 0.25) is 0 Å². The first kappa shape index (κ1) is 30.5. The summed E-state index contributed by atoms with van der Waals surface area (Å²) in [4.78, 5) is 0. The van der Waals surface area contributed by atoms with Gasteiger partial charge in [-0.15, -0.1) is 0 Å². The Morgan fingerprint density at radius 3 is 0.936 bits per heavy atom. The molecule has 0 unspecified atom stereocenters. The molecule has 4 nitrogen and oxygen atoms in total. The molecule has 0 aliphatic heterocycles. The Balaban J connectivity index is 1.48. The van der Waals surface area contributed by atoms with E-state index in [2.05, 4.69) is 121 Å². The van der Waals surface area contributed by atoms with Gasteiger partial charge in [-0.1, -0.05) is 121 Å². The lowest BCUT2D eigenvalue weighted by molar-refractivity contribution is 0.202. The highest BCUT2D eigenvalue weighted by Gasteiger charge is 2.47. The quantitative estimate of drug-likeness (QED) is 0.144. The van der Waals surface area contributed by atoms with Crippen LogP contribution in [-0.4, -0.2) is 36.6 Å². The van der Waals surface area contributed by atoms with E-state index in [-0.39, 0.29) is 31.8 Å². The maximum absolute atomic E-state index is 9.76. The van der Waals surface area contributed by atoms with Gasteiger partial charge >= 0.3 is 0 Å². The highest BCUT2D eigenvalue weighted by atomic mass is 16.5. The molecule has 6 aromatic rings. The molecule has 6 aromatic carbocycles. The van der Waals surface area contributed by atoms with Crippen molar-refractivity contribution in [3.8, 4) is 56.0 Å². The molecule has 0 saturated heterocycles. The van der Waals surface area contributed by atoms with Crippen molar-refractivity contribution in [2.45, 2.75) is 18.3 Å². The number of rotatable bonds is 12. The maximum atomic E-state index is 9.76. The van der Waals surface area contributed by atoms with E-state index in [9.17, 15) is 10.2 Å². The van der Waals surface area contributed by atoms with E-state index in [1.165, 1.54) is 11.1 Å². The van der Waals surface area contributed by atoms with Crippen LogP contribution in [0, 0.1) is 0 Å². The van der Waals surface area contributed by atoms with E-state index in [1.54, 1.807) is 0 Å². The molecule has 0 heterocycles. The van der Waals surface area contributed by atoms with Gasteiger partial charge in [-0.3, -0.25) is 0 Å². The van der Waals surface area contributed by atoms with Gasteiger partial charge < -0.3 is 19.7 Å². The van der Waals surface area contributed by atoms with Crippen LogP contribution < -0.4 is 9.47 Å². The van der Waals surface area contributed by atoms with Crippen molar-refractivity contribution in [2.24, 2.45) is 0 Å². The second kappa shape index (κ2) is 13.7. The first-order valence-corrected chi connectivity index (χ1v) is 16.3. The van der Waals surface area contributed by atoms with Crippen LogP contribution >= 0.6 is 0 Å². The van der Waals surface area contributed by atoms with Crippen LogP contribution in [0.1, 0.15) is 24.0 Å². The molecule has 0 aromatic heterocycles. The standard InChI is InChI=1S/C43H38O4/c44-23-25-46-41-37(31-13-5-1-6-14-31)27-35(28-38(41)32-15-7-2-8-16-32)43(21-22-43)36-29-39(33-17-9-3-10-18-33)42(47-26-24-45)40(30-36)34-19-11-4-12-20-34/h1-20,27-30,44-45H,21-26H2. The van der Waals surface area contributed by atoms with E-state index < -0.39 is 0 Å². The number of hydrogen-bond acceptors (Lipinski definition) is 4. The van der Waals surface area contributed by atoms with E-state index in [1.807, 2.05) is 24.3 Å². The van der Waals surface area contributed by atoms with Gasteiger partial charge in [0.05, 0.1) is 13.2 Å². The van der Waals surface area contributed by atoms with Gasteiger partial charge in [-0.25, -0.2) is 0 Å². The van der Waals surface area contributed by atoms with Gasteiger partial charge in [0.1, 0.15) is 24.7 Å². The predicted octanol–water partition coefficient (Wildman–Crippen LogP) is 9.18. The Kier molecular flexibility index (Phi) is 8.87. The fraction of sp³-hybridized carbons (Fsp3) is 0.163. The van der Waals surface area contributed by atoms with E-state index in [0.29, 0.717) is 0 Å². The summed E-state index contributed by atoms with van der Waals surface area (Å²) in [5, 5.41) is 19.5. The number of aliphatic hydroxyl groups excluding tert-OH is 2. The van der Waals surface area contributed by atoms with Crippen molar-refractivity contribution in [3.63, 3.8) is 0 Å². The highest BCUT2D eigenvalue weighted by Crippen LogP contribution is 2.58. The van der Waals surface area contributed by atoms with E-state index in [4.69, 9.17) is 9.47 Å².